The molecule has 0 fully saturated rings. The maximum Gasteiger partial charge on any atom is 0.271 e. The lowest BCUT2D eigenvalue weighted by atomic mass is 10.2. The molecule has 19 heavy (non-hydrogen) atoms. The van der Waals surface area contributed by atoms with Crippen molar-refractivity contribution in [1.29, 1.82) is 0 Å². The lowest BCUT2D eigenvalue weighted by Gasteiger charge is -2.20. The van der Waals surface area contributed by atoms with Gasteiger partial charge in [-0.25, -0.2) is 0 Å². The highest BCUT2D eigenvalue weighted by molar-refractivity contribution is 5.99. The number of benzene rings is 1. The van der Waals surface area contributed by atoms with Gasteiger partial charge < -0.3 is 14.8 Å². The van der Waals surface area contributed by atoms with Gasteiger partial charge in [-0.3, -0.25) is 15.1 Å². The number of nitrogens with zero attached hydrogens (tertiary/aromatic N) is 2. The molecule has 2 rings (SSSR count). The van der Waals surface area contributed by atoms with Crippen molar-refractivity contribution in [2.75, 3.05) is 25.6 Å². The van der Waals surface area contributed by atoms with Crippen molar-refractivity contribution >= 4 is 17.2 Å². The van der Waals surface area contributed by atoms with Crippen molar-refractivity contribution in [2.24, 2.45) is 4.99 Å². The number of rotatable bonds is 4. The molecule has 0 aromatic heterocycles. The highest BCUT2D eigenvalue weighted by atomic mass is 16.6. The second kappa shape index (κ2) is 5.66. The van der Waals surface area contributed by atoms with Gasteiger partial charge in [0, 0.05) is 19.2 Å². The van der Waals surface area contributed by atoms with Crippen molar-refractivity contribution in [2.45, 2.75) is 13.0 Å². The molecule has 0 aliphatic carbocycles. The topological polar surface area (TPSA) is 86.0 Å². The van der Waals surface area contributed by atoms with Crippen LogP contribution in [-0.4, -0.2) is 37.1 Å². The molecule has 0 amide bonds. The van der Waals surface area contributed by atoms with Crippen molar-refractivity contribution in [1.82, 2.24) is 0 Å². The molecule has 1 unspecified atom stereocenters. The summed E-state index contributed by atoms with van der Waals surface area (Å²) in [4.78, 5) is 14.6. The third-order valence-electron chi connectivity index (χ3n) is 2.76. The van der Waals surface area contributed by atoms with E-state index in [9.17, 15) is 10.1 Å². The molecule has 0 spiro atoms. The van der Waals surface area contributed by atoms with E-state index < -0.39 is 4.92 Å². The van der Waals surface area contributed by atoms with Crippen LogP contribution in [0.4, 0.5) is 11.4 Å². The Hall–Kier alpha value is -2.15. The second-order valence-corrected chi connectivity index (χ2v) is 4.18. The predicted octanol–water partition coefficient (Wildman–Crippen LogP) is 1.83. The Kier molecular flexibility index (Phi) is 3.96. The number of fused-ring (bicyclic) bond motifs is 1. The SMILES string of the molecule is COC(C)CN=C1COc2ccc([N+](=O)[O-])cc2N1. The van der Waals surface area contributed by atoms with Crippen LogP contribution in [0.5, 0.6) is 5.75 Å². The summed E-state index contributed by atoms with van der Waals surface area (Å²) in [6, 6.07) is 4.43. The minimum atomic E-state index is -0.444. The Morgan fingerprint density at radius 3 is 3.11 bits per heavy atom. The largest absolute Gasteiger partial charge is 0.484 e. The maximum atomic E-state index is 10.7. The van der Waals surface area contributed by atoms with Crippen LogP contribution in [0.15, 0.2) is 23.2 Å². The lowest BCUT2D eigenvalue weighted by molar-refractivity contribution is -0.384. The van der Waals surface area contributed by atoms with E-state index in [0.717, 1.165) is 0 Å². The number of hydrogen-bond acceptors (Lipinski definition) is 5. The summed E-state index contributed by atoms with van der Waals surface area (Å²) in [6.45, 7) is 2.74. The molecule has 1 aromatic rings. The number of nitro groups is 1. The van der Waals surface area contributed by atoms with E-state index in [1.807, 2.05) is 6.92 Å². The first-order chi connectivity index (χ1) is 9.10. The van der Waals surface area contributed by atoms with Crippen molar-refractivity contribution in [3.63, 3.8) is 0 Å². The Morgan fingerprint density at radius 1 is 1.63 bits per heavy atom. The molecule has 1 aromatic carbocycles. The third-order valence-corrected chi connectivity index (χ3v) is 2.76. The number of methoxy groups -OCH3 is 1. The maximum absolute atomic E-state index is 10.7. The molecule has 1 atom stereocenters. The van der Waals surface area contributed by atoms with Crippen molar-refractivity contribution in [3.8, 4) is 5.75 Å². The van der Waals surface area contributed by atoms with Crippen molar-refractivity contribution < 1.29 is 14.4 Å². The van der Waals surface area contributed by atoms with Gasteiger partial charge >= 0.3 is 0 Å². The highest BCUT2D eigenvalue weighted by Crippen LogP contribution is 2.31. The van der Waals surface area contributed by atoms with Gasteiger partial charge in [-0.05, 0) is 13.0 Å². The fourth-order valence-electron chi connectivity index (χ4n) is 1.59. The smallest absolute Gasteiger partial charge is 0.271 e. The zero-order valence-corrected chi connectivity index (χ0v) is 10.8. The lowest BCUT2D eigenvalue weighted by Crippen LogP contribution is -2.27. The summed E-state index contributed by atoms with van der Waals surface area (Å²) in [5, 5.41) is 13.7. The van der Waals surface area contributed by atoms with Crippen LogP contribution < -0.4 is 10.1 Å². The van der Waals surface area contributed by atoms with Crippen LogP contribution in [0.3, 0.4) is 0 Å². The number of nitro benzene ring substituents is 1. The minimum absolute atomic E-state index is 0.0146. The van der Waals surface area contributed by atoms with Gasteiger partial charge in [0.15, 0.2) is 0 Å². The molecule has 1 heterocycles. The quantitative estimate of drug-likeness (QED) is 0.663. The summed E-state index contributed by atoms with van der Waals surface area (Å²) in [5.74, 6) is 1.22. The number of aliphatic imine (C=N–C) groups is 1. The predicted molar refractivity (Wildman–Crippen MR) is 71.0 cm³/mol. The number of ether oxygens (including phenoxy) is 2. The number of anilines is 1. The molecular formula is C12H15N3O4. The first-order valence-electron chi connectivity index (χ1n) is 5.84. The molecule has 0 radical (unpaired) electrons. The van der Waals surface area contributed by atoms with E-state index in [-0.39, 0.29) is 11.8 Å². The normalized spacial score (nSPS) is 17.3. The van der Waals surface area contributed by atoms with Gasteiger partial charge in [0.2, 0.25) is 0 Å². The van der Waals surface area contributed by atoms with E-state index in [2.05, 4.69) is 10.3 Å². The average molecular weight is 265 g/mol. The van der Waals surface area contributed by atoms with Crippen molar-refractivity contribution in [3.05, 3.63) is 28.3 Å². The molecule has 7 nitrogen and oxygen atoms in total. The van der Waals surface area contributed by atoms with E-state index >= 15 is 0 Å². The molecule has 1 N–H and O–H groups in total. The van der Waals surface area contributed by atoms with Gasteiger partial charge in [-0.1, -0.05) is 0 Å². The van der Waals surface area contributed by atoms with Crippen LogP contribution >= 0.6 is 0 Å². The Bertz CT molecular complexity index is 516. The van der Waals surface area contributed by atoms with Crippen LogP contribution in [0, 0.1) is 10.1 Å². The van der Waals surface area contributed by atoms with Crippen LogP contribution in [0.25, 0.3) is 0 Å². The number of nitrogens with one attached hydrogen (secondary N) is 1. The standard InChI is InChI=1S/C12H15N3O4/c1-8(18-2)6-13-12-7-19-11-4-3-9(15(16)17)5-10(11)14-12/h3-5,8H,6-7H2,1-2H3,(H,13,14). The van der Waals surface area contributed by atoms with Gasteiger partial charge in [0.25, 0.3) is 5.69 Å². The molecule has 1 aliphatic rings. The van der Waals surface area contributed by atoms with E-state index in [0.29, 0.717) is 30.4 Å². The molecule has 0 bridgehead atoms. The first-order valence-corrected chi connectivity index (χ1v) is 5.84. The second-order valence-electron chi connectivity index (χ2n) is 4.18. The van der Waals surface area contributed by atoms with Gasteiger partial charge in [0.05, 0.1) is 23.3 Å². The number of hydrogen-bond donors (Lipinski definition) is 1. The van der Waals surface area contributed by atoms with E-state index in [1.165, 1.54) is 12.1 Å². The molecule has 1 aliphatic heterocycles. The molecule has 0 saturated heterocycles. The summed E-state index contributed by atoms with van der Waals surface area (Å²) in [7, 11) is 1.62. The fourth-order valence-corrected chi connectivity index (χ4v) is 1.59. The zero-order chi connectivity index (χ0) is 13.8. The molecule has 0 saturated carbocycles. The zero-order valence-electron chi connectivity index (χ0n) is 10.8. The van der Waals surface area contributed by atoms with Crippen LogP contribution in [-0.2, 0) is 4.74 Å². The Labute approximate surface area is 110 Å². The Morgan fingerprint density at radius 2 is 2.42 bits per heavy atom. The minimum Gasteiger partial charge on any atom is -0.484 e. The van der Waals surface area contributed by atoms with Gasteiger partial charge in [-0.2, -0.15) is 0 Å². The highest BCUT2D eigenvalue weighted by Gasteiger charge is 2.18. The summed E-state index contributed by atoms with van der Waals surface area (Å²) in [5.41, 5.74) is 0.575. The summed E-state index contributed by atoms with van der Waals surface area (Å²) >= 11 is 0. The van der Waals surface area contributed by atoms with Crippen LogP contribution in [0.2, 0.25) is 0 Å². The van der Waals surface area contributed by atoms with Crippen LogP contribution in [0.1, 0.15) is 6.92 Å². The monoisotopic (exact) mass is 265 g/mol. The molecule has 7 heteroatoms. The third kappa shape index (κ3) is 3.19. The Balaban J connectivity index is 2.13. The van der Waals surface area contributed by atoms with E-state index in [1.54, 1.807) is 13.2 Å². The number of amidine groups is 1. The fraction of sp³-hybridized carbons (Fsp3) is 0.417. The number of non-ortho nitro benzene ring substituents is 1. The van der Waals surface area contributed by atoms with Gasteiger partial charge in [0.1, 0.15) is 18.2 Å². The summed E-state index contributed by atoms with van der Waals surface area (Å²) in [6.07, 6.45) is 0.0146. The van der Waals surface area contributed by atoms with E-state index in [4.69, 9.17) is 9.47 Å². The average Bonchev–Trinajstić information content (AvgIpc) is 2.43. The molecular weight excluding hydrogens is 250 g/mol. The first kappa shape index (κ1) is 13.3. The molecule has 102 valence electrons. The van der Waals surface area contributed by atoms with Gasteiger partial charge in [-0.15, -0.1) is 0 Å². The summed E-state index contributed by atoms with van der Waals surface area (Å²) < 4.78 is 10.6.